The fourth-order valence-electron chi connectivity index (χ4n) is 3.39. The van der Waals surface area contributed by atoms with Gasteiger partial charge in [0, 0.05) is 6.54 Å². The van der Waals surface area contributed by atoms with Gasteiger partial charge in [-0.15, -0.1) is 0 Å². The molecule has 0 bridgehead atoms. The summed E-state index contributed by atoms with van der Waals surface area (Å²) in [7, 11) is 0. The van der Waals surface area contributed by atoms with Crippen molar-refractivity contribution in [2.45, 2.75) is 58.0 Å². The van der Waals surface area contributed by atoms with Crippen LogP contribution in [0.3, 0.4) is 0 Å². The number of hydrogen-bond donors (Lipinski definition) is 1. The van der Waals surface area contributed by atoms with E-state index in [4.69, 9.17) is 0 Å². The van der Waals surface area contributed by atoms with Gasteiger partial charge in [-0.3, -0.25) is 9.59 Å². The number of piperazine rings is 1. The zero-order valence-electron chi connectivity index (χ0n) is 12.0. The summed E-state index contributed by atoms with van der Waals surface area (Å²) in [6.07, 6.45) is 3.24. The van der Waals surface area contributed by atoms with Gasteiger partial charge in [0.25, 0.3) is 0 Å². The lowest BCUT2D eigenvalue weighted by Gasteiger charge is -2.48. The van der Waals surface area contributed by atoms with Gasteiger partial charge in [0.05, 0.1) is 0 Å². The second-order valence-corrected chi connectivity index (χ2v) is 6.73. The Labute approximate surface area is 113 Å². The van der Waals surface area contributed by atoms with Crippen molar-refractivity contribution in [3.05, 3.63) is 0 Å². The second-order valence-electron chi connectivity index (χ2n) is 6.73. The smallest absolute Gasteiger partial charge is 0.249 e. The summed E-state index contributed by atoms with van der Waals surface area (Å²) in [5, 5.41) is 2.93. The quantitative estimate of drug-likeness (QED) is 0.829. The van der Waals surface area contributed by atoms with E-state index in [1.807, 2.05) is 20.8 Å². The molecule has 2 amide bonds. The molecule has 5 heteroatoms. The molecule has 0 aromatic carbocycles. The number of carbonyl (C=O) groups is 2. The molecular formula is C14H23FN2O2. The maximum atomic E-state index is 12.8. The average molecular weight is 270 g/mol. The van der Waals surface area contributed by atoms with Crippen LogP contribution in [0.1, 0.15) is 46.5 Å². The van der Waals surface area contributed by atoms with Gasteiger partial charge in [-0.25, -0.2) is 4.39 Å². The monoisotopic (exact) mass is 270 g/mol. The molecule has 108 valence electrons. The molecule has 19 heavy (non-hydrogen) atoms. The minimum atomic E-state index is -0.756. The van der Waals surface area contributed by atoms with E-state index < -0.39 is 23.7 Å². The number of hydrogen-bond acceptors (Lipinski definition) is 2. The molecule has 0 aromatic heterocycles. The maximum absolute atomic E-state index is 12.8. The molecule has 0 radical (unpaired) electrons. The van der Waals surface area contributed by atoms with Crippen LogP contribution in [0.5, 0.6) is 0 Å². The SMILES string of the molecule is CC(C)(C)C1C(=O)NC2(CCCC2)C(=O)N1CCF. The molecule has 1 heterocycles. The van der Waals surface area contributed by atoms with Gasteiger partial charge >= 0.3 is 0 Å². The van der Waals surface area contributed by atoms with Crippen LogP contribution in [-0.2, 0) is 9.59 Å². The summed E-state index contributed by atoms with van der Waals surface area (Å²) in [6.45, 7) is 5.12. The van der Waals surface area contributed by atoms with E-state index in [2.05, 4.69) is 5.32 Å². The highest BCUT2D eigenvalue weighted by molar-refractivity contribution is 6.00. The van der Waals surface area contributed by atoms with Gasteiger partial charge in [-0.2, -0.15) is 0 Å². The van der Waals surface area contributed by atoms with Crippen molar-refractivity contribution in [1.82, 2.24) is 10.2 Å². The van der Waals surface area contributed by atoms with Crippen LogP contribution in [0, 0.1) is 5.41 Å². The molecule has 1 atom stereocenters. The van der Waals surface area contributed by atoms with Gasteiger partial charge in [-0.05, 0) is 18.3 Å². The first-order valence-corrected chi connectivity index (χ1v) is 7.01. The molecule has 1 N–H and O–H groups in total. The number of halogens is 1. The van der Waals surface area contributed by atoms with E-state index in [0.29, 0.717) is 12.8 Å². The van der Waals surface area contributed by atoms with Crippen molar-refractivity contribution in [2.24, 2.45) is 5.41 Å². The first-order chi connectivity index (χ1) is 8.82. The number of amides is 2. The van der Waals surface area contributed by atoms with Gasteiger partial charge < -0.3 is 10.2 Å². The lowest BCUT2D eigenvalue weighted by atomic mass is 9.80. The van der Waals surface area contributed by atoms with Crippen molar-refractivity contribution < 1.29 is 14.0 Å². The fraction of sp³-hybridized carbons (Fsp3) is 0.857. The summed E-state index contributed by atoms with van der Waals surface area (Å²) in [6, 6.07) is -0.582. The summed E-state index contributed by atoms with van der Waals surface area (Å²) >= 11 is 0. The Bertz CT molecular complexity index is 383. The summed E-state index contributed by atoms with van der Waals surface area (Å²) in [4.78, 5) is 26.6. The highest BCUT2D eigenvalue weighted by Crippen LogP contribution is 2.38. The standard InChI is InChI=1S/C14H23FN2O2/c1-13(2,3)10-11(18)16-14(6-4-5-7-14)12(19)17(10)9-8-15/h10H,4-9H2,1-3H3,(H,16,18). The highest BCUT2D eigenvalue weighted by Gasteiger charge is 2.54. The van der Waals surface area contributed by atoms with Crippen LogP contribution in [-0.4, -0.2) is 41.5 Å². The molecule has 1 aliphatic heterocycles. The number of rotatable bonds is 2. The van der Waals surface area contributed by atoms with E-state index in [0.717, 1.165) is 12.8 Å². The molecule has 1 unspecified atom stereocenters. The Balaban J connectivity index is 2.34. The highest BCUT2D eigenvalue weighted by atomic mass is 19.1. The van der Waals surface area contributed by atoms with E-state index in [1.165, 1.54) is 4.90 Å². The Morgan fingerprint density at radius 1 is 1.32 bits per heavy atom. The average Bonchev–Trinajstić information content (AvgIpc) is 2.73. The fourth-order valence-corrected chi connectivity index (χ4v) is 3.39. The minimum Gasteiger partial charge on any atom is -0.340 e. The molecule has 1 saturated carbocycles. The third-order valence-corrected chi connectivity index (χ3v) is 4.20. The molecule has 2 fully saturated rings. The topological polar surface area (TPSA) is 49.4 Å². The van der Waals surface area contributed by atoms with E-state index in [-0.39, 0.29) is 18.4 Å². The second kappa shape index (κ2) is 4.76. The van der Waals surface area contributed by atoms with E-state index >= 15 is 0 Å². The van der Waals surface area contributed by atoms with Crippen molar-refractivity contribution in [3.63, 3.8) is 0 Å². The number of nitrogens with one attached hydrogen (secondary N) is 1. The largest absolute Gasteiger partial charge is 0.340 e. The Kier molecular flexibility index (Phi) is 3.58. The molecule has 2 rings (SSSR count). The molecular weight excluding hydrogens is 247 g/mol. The summed E-state index contributed by atoms with van der Waals surface area (Å²) in [5.41, 5.74) is -1.15. The molecule has 1 spiro atoms. The Morgan fingerprint density at radius 3 is 2.37 bits per heavy atom. The number of alkyl halides is 1. The van der Waals surface area contributed by atoms with Gasteiger partial charge in [0.1, 0.15) is 18.3 Å². The number of carbonyl (C=O) groups excluding carboxylic acids is 2. The minimum absolute atomic E-state index is 0.00986. The Morgan fingerprint density at radius 2 is 1.89 bits per heavy atom. The van der Waals surface area contributed by atoms with Crippen LogP contribution in [0.2, 0.25) is 0 Å². The predicted molar refractivity (Wildman–Crippen MR) is 70.3 cm³/mol. The van der Waals surface area contributed by atoms with Crippen LogP contribution in [0.4, 0.5) is 4.39 Å². The molecule has 1 aliphatic carbocycles. The Hall–Kier alpha value is -1.13. The maximum Gasteiger partial charge on any atom is 0.249 e. The van der Waals surface area contributed by atoms with Gasteiger partial charge in [0.2, 0.25) is 11.8 Å². The zero-order chi connectivity index (χ0) is 14.3. The van der Waals surface area contributed by atoms with Crippen molar-refractivity contribution in [3.8, 4) is 0 Å². The molecule has 1 saturated heterocycles. The van der Waals surface area contributed by atoms with E-state index in [1.54, 1.807) is 0 Å². The third-order valence-electron chi connectivity index (χ3n) is 4.20. The number of nitrogens with zero attached hydrogens (tertiary/aromatic N) is 1. The normalized spacial score (nSPS) is 26.9. The summed E-state index contributed by atoms with van der Waals surface area (Å²) in [5.74, 6) is -0.232. The predicted octanol–water partition coefficient (Wildman–Crippen LogP) is 1.64. The van der Waals surface area contributed by atoms with Gasteiger partial charge in [0.15, 0.2) is 0 Å². The van der Waals surface area contributed by atoms with Crippen LogP contribution >= 0.6 is 0 Å². The van der Waals surface area contributed by atoms with Crippen LogP contribution < -0.4 is 5.32 Å². The van der Waals surface area contributed by atoms with Crippen LogP contribution in [0.15, 0.2) is 0 Å². The van der Waals surface area contributed by atoms with E-state index in [9.17, 15) is 14.0 Å². The van der Waals surface area contributed by atoms with Gasteiger partial charge in [-0.1, -0.05) is 33.6 Å². The molecule has 4 nitrogen and oxygen atoms in total. The first-order valence-electron chi connectivity index (χ1n) is 7.01. The van der Waals surface area contributed by atoms with Crippen molar-refractivity contribution >= 4 is 11.8 Å². The summed E-state index contributed by atoms with van der Waals surface area (Å²) < 4.78 is 12.8. The molecule has 2 aliphatic rings. The van der Waals surface area contributed by atoms with Crippen LogP contribution in [0.25, 0.3) is 0 Å². The molecule has 0 aromatic rings. The lowest BCUT2D eigenvalue weighted by molar-refractivity contribution is -0.159. The zero-order valence-corrected chi connectivity index (χ0v) is 12.0. The van der Waals surface area contributed by atoms with Crippen molar-refractivity contribution in [2.75, 3.05) is 13.2 Å². The third kappa shape index (κ3) is 2.35. The lowest BCUT2D eigenvalue weighted by Crippen LogP contribution is -2.72. The van der Waals surface area contributed by atoms with Crippen molar-refractivity contribution in [1.29, 1.82) is 0 Å². The first kappa shape index (κ1) is 14.3.